The first kappa shape index (κ1) is 7.15. The molecule has 0 nitrogen and oxygen atoms in total. The molecule has 1 aliphatic carbocycles. The number of benzene rings is 1. The van der Waals surface area contributed by atoms with E-state index in [1.54, 1.807) is 0 Å². The summed E-state index contributed by atoms with van der Waals surface area (Å²) < 4.78 is 0. The molecule has 0 unspecified atom stereocenters. The molecule has 0 saturated carbocycles. The number of allylic oxidation sites excluding steroid dienone is 2. The van der Waals surface area contributed by atoms with Crippen LogP contribution in [0.3, 0.4) is 0 Å². The summed E-state index contributed by atoms with van der Waals surface area (Å²) in [5.41, 5.74) is 5.68. The second kappa shape index (κ2) is 2.51. The maximum atomic E-state index is 3.88. The Morgan fingerprint density at radius 3 is 2.92 bits per heavy atom. The summed E-state index contributed by atoms with van der Waals surface area (Å²) in [5, 5.41) is 2.22. The second-order valence-electron chi connectivity index (χ2n) is 3.06. The summed E-state index contributed by atoms with van der Waals surface area (Å²) >= 11 is 0. The van der Waals surface area contributed by atoms with Gasteiger partial charge >= 0.3 is 0 Å². The Morgan fingerprint density at radius 1 is 1.25 bits per heavy atom. The second-order valence-corrected chi connectivity index (χ2v) is 3.06. The van der Waals surface area contributed by atoms with Gasteiger partial charge in [-0.3, -0.25) is 0 Å². The van der Waals surface area contributed by atoms with Crippen LogP contribution in [-0.4, -0.2) is 0 Å². The van der Waals surface area contributed by atoms with Gasteiger partial charge in [-0.1, -0.05) is 24.8 Å². The first-order valence-electron chi connectivity index (χ1n) is 4.00. The van der Waals surface area contributed by atoms with Gasteiger partial charge in [0.25, 0.3) is 0 Å². The molecular formula is C12H10. The maximum Gasteiger partial charge on any atom is 0.0240 e. The molecule has 0 aliphatic heterocycles. The minimum Gasteiger partial charge on any atom is -0.109 e. The van der Waals surface area contributed by atoms with Crippen LogP contribution in [0.4, 0.5) is 0 Å². The summed E-state index contributed by atoms with van der Waals surface area (Å²) in [6, 6.07) is 6.15. The van der Waals surface area contributed by atoms with E-state index in [4.69, 9.17) is 0 Å². The number of fused-ring (bicyclic) bond motifs is 1. The standard InChI is InChI=1S/C12H10/c1-9-3-5-12-8-10(2)4-6-11(12)7-9/h3-7H,1H2,2H3. The molecule has 0 saturated heterocycles. The Bertz CT molecular complexity index is 483. The van der Waals surface area contributed by atoms with Crippen molar-refractivity contribution < 1.29 is 0 Å². The number of hydrogen-bond acceptors (Lipinski definition) is 0. The molecule has 1 aromatic rings. The quantitative estimate of drug-likeness (QED) is 0.530. The van der Waals surface area contributed by atoms with E-state index in [0.29, 0.717) is 0 Å². The van der Waals surface area contributed by atoms with E-state index in [0.717, 1.165) is 5.22 Å². The Balaban J connectivity index is 2.93. The summed E-state index contributed by atoms with van der Waals surface area (Å²) in [6.07, 6.45) is 4.18. The summed E-state index contributed by atoms with van der Waals surface area (Å²) in [5.74, 6) is 0. The molecule has 58 valence electrons. The van der Waals surface area contributed by atoms with Crippen LogP contribution in [0.1, 0.15) is 12.5 Å². The van der Waals surface area contributed by atoms with Crippen LogP contribution in [0.2, 0.25) is 0 Å². The lowest BCUT2D eigenvalue weighted by atomic mass is 10.1. The van der Waals surface area contributed by atoms with Crippen molar-refractivity contribution >= 4 is 18.4 Å². The highest BCUT2D eigenvalue weighted by molar-refractivity contribution is 5.60. The molecule has 0 amide bonds. The average molecular weight is 154 g/mol. The predicted molar refractivity (Wildman–Crippen MR) is 52.8 cm³/mol. The molecule has 0 radical (unpaired) electrons. The van der Waals surface area contributed by atoms with Crippen LogP contribution in [0.25, 0.3) is 18.4 Å². The highest BCUT2D eigenvalue weighted by atomic mass is 14.0. The molecule has 0 spiro atoms. The summed E-state index contributed by atoms with van der Waals surface area (Å²) in [7, 11) is 0. The molecule has 0 bridgehead atoms. The van der Waals surface area contributed by atoms with Gasteiger partial charge in [0.1, 0.15) is 0 Å². The van der Waals surface area contributed by atoms with E-state index in [9.17, 15) is 0 Å². The molecule has 0 aromatic heterocycles. The zero-order chi connectivity index (χ0) is 8.55. The average Bonchev–Trinajstić information content (AvgIpc) is 2.05. The van der Waals surface area contributed by atoms with Crippen molar-refractivity contribution in [2.75, 3.05) is 0 Å². The Hall–Kier alpha value is -1.52. The normalized spacial score (nSPS) is 13.2. The van der Waals surface area contributed by atoms with Crippen LogP contribution in [-0.2, 0) is 0 Å². The number of hydrogen-bond donors (Lipinski definition) is 0. The van der Waals surface area contributed by atoms with E-state index in [1.807, 2.05) is 6.07 Å². The Morgan fingerprint density at radius 2 is 2.08 bits per heavy atom. The van der Waals surface area contributed by atoms with E-state index in [2.05, 4.69) is 43.5 Å². The van der Waals surface area contributed by atoms with Crippen LogP contribution < -0.4 is 10.4 Å². The maximum absolute atomic E-state index is 3.88. The SMILES string of the molecule is C=c1ccc2c(c1)C=CC(C)=C=2. The van der Waals surface area contributed by atoms with Gasteiger partial charge in [0.05, 0.1) is 0 Å². The third-order valence-electron chi connectivity index (χ3n) is 1.96. The predicted octanol–water partition coefficient (Wildman–Crippen LogP) is 1.45. The van der Waals surface area contributed by atoms with Crippen molar-refractivity contribution in [1.29, 1.82) is 0 Å². The first-order chi connectivity index (χ1) is 5.75. The largest absolute Gasteiger partial charge is 0.109 e. The first-order valence-corrected chi connectivity index (χ1v) is 4.00. The van der Waals surface area contributed by atoms with E-state index in [-0.39, 0.29) is 0 Å². The van der Waals surface area contributed by atoms with Crippen molar-refractivity contribution in [2.24, 2.45) is 0 Å². The lowest BCUT2D eigenvalue weighted by Crippen LogP contribution is -2.11. The van der Waals surface area contributed by atoms with Gasteiger partial charge < -0.3 is 0 Å². The van der Waals surface area contributed by atoms with E-state index < -0.39 is 0 Å². The van der Waals surface area contributed by atoms with Gasteiger partial charge in [-0.05, 0) is 35.4 Å². The van der Waals surface area contributed by atoms with Crippen molar-refractivity contribution in [3.63, 3.8) is 0 Å². The van der Waals surface area contributed by atoms with Crippen LogP contribution in [0.15, 0.2) is 29.8 Å². The number of rotatable bonds is 0. The smallest absolute Gasteiger partial charge is 0.0240 e. The van der Waals surface area contributed by atoms with Crippen LogP contribution in [0.5, 0.6) is 0 Å². The van der Waals surface area contributed by atoms with Crippen molar-refractivity contribution in [2.45, 2.75) is 6.92 Å². The Kier molecular flexibility index (Phi) is 1.49. The van der Waals surface area contributed by atoms with Gasteiger partial charge in [0.15, 0.2) is 0 Å². The van der Waals surface area contributed by atoms with Crippen LogP contribution >= 0.6 is 0 Å². The molecule has 0 N–H and O–H groups in total. The van der Waals surface area contributed by atoms with Crippen molar-refractivity contribution in [1.82, 2.24) is 0 Å². The lowest BCUT2D eigenvalue weighted by molar-refractivity contribution is 1.47. The molecule has 1 aliphatic rings. The molecular weight excluding hydrogens is 144 g/mol. The van der Waals surface area contributed by atoms with Gasteiger partial charge in [-0.15, -0.1) is 5.73 Å². The fraction of sp³-hybridized carbons (Fsp3) is 0.0833. The summed E-state index contributed by atoms with van der Waals surface area (Å²) in [4.78, 5) is 0. The van der Waals surface area contributed by atoms with Crippen LogP contribution in [0, 0.1) is 0 Å². The zero-order valence-corrected chi connectivity index (χ0v) is 7.09. The molecule has 2 rings (SSSR count). The highest BCUT2D eigenvalue weighted by Gasteiger charge is 1.93. The van der Waals surface area contributed by atoms with Gasteiger partial charge in [0, 0.05) is 5.22 Å². The fourth-order valence-electron chi connectivity index (χ4n) is 1.33. The molecule has 0 heterocycles. The molecule has 0 heteroatoms. The minimum atomic E-state index is 1.06. The highest BCUT2D eigenvalue weighted by Crippen LogP contribution is 2.01. The molecule has 0 fully saturated rings. The van der Waals surface area contributed by atoms with E-state index >= 15 is 0 Å². The monoisotopic (exact) mass is 154 g/mol. The van der Waals surface area contributed by atoms with Gasteiger partial charge in [-0.25, -0.2) is 0 Å². The molecule has 12 heavy (non-hydrogen) atoms. The van der Waals surface area contributed by atoms with Gasteiger partial charge in [0.2, 0.25) is 0 Å². The Labute approximate surface area is 71.9 Å². The van der Waals surface area contributed by atoms with Crippen molar-refractivity contribution in [3.05, 3.63) is 45.8 Å². The summed E-state index contributed by atoms with van der Waals surface area (Å²) in [6.45, 7) is 5.93. The van der Waals surface area contributed by atoms with Crippen molar-refractivity contribution in [3.8, 4) is 0 Å². The molecule has 0 atom stereocenters. The van der Waals surface area contributed by atoms with Gasteiger partial charge in [-0.2, -0.15) is 0 Å². The fourth-order valence-corrected chi connectivity index (χ4v) is 1.33. The molecule has 1 aromatic carbocycles. The zero-order valence-electron chi connectivity index (χ0n) is 7.09. The third-order valence-corrected chi connectivity index (χ3v) is 1.96. The topological polar surface area (TPSA) is 0 Å². The van der Waals surface area contributed by atoms with E-state index in [1.165, 1.54) is 16.4 Å². The third kappa shape index (κ3) is 1.13. The minimum absolute atomic E-state index is 1.06. The lowest BCUT2D eigenvalue weighted by Gasteiger charge is -1.98.